The number of hydrogen-bond donors (Lipinski definition) is 0. The van der Waals surface area contributed by atoms with Crippen LogP contribution in [0.1, 0.15) is 25.0 Å². The van der Waals surface area contributed by atoms with Crippen LogP contribution in [0.25, 0.3) is 38.6 Å². The molecule has 0 N–H and O–H groups in total. The Balaban J connectivity index is 1.89. The van der Waals surface area contributed by atoms with Gasteiger partial charge in [0.1, 0.15) is 11.2 Å². The molecule has 0 saturated carbocycles. The zero-order valence-corrected chi connectivity index (χ0v) is 16.6. The highest BCUT2D eigenvalue weighted by Gasteiger charge is 2.13. The maximum atomic E-state index is 6.29. The van der Waals surface area contributed by atoms with Gasteiger partial charge < -0.3 is 4.42 Å². The van der Waals surface area contributed by atoms with Gasteiger partial charge in [-0.05, 0) is 49.6 Å². The van der Waals surface area contributed by atoms with Crippen LogP contribution in [0.3, 0.4) is 0 Å². The second kappa shape index (κ2) is 7.36. The minimum absolute atomic E-state index is 0.921. The summed E-state index contributed by atoms with van der Waals surface area (Å²) >= 11 is 0. The third-order valence-electron chi connectivity index (χ3n) is 5.11. The number of allylic oxidation sites excluding steroid dienone is 5. The van der Waals surface area contributed by atoms with Crippen LogP contribution in [-0.2, 0) is 0 Å². The summed E-state index contributed by atoms with van der Waals surface area (Å²) in [5, 5.41) is 2.31. The summed E-state index contributed by atoms with van der Waals surface area (Å²) in [6.45, 7) is 10.1. The molecule has 0 aliphatic heterocycles. The van der Waals surface area contributed by atoms with Crippen LogP contribution in [-0.4, -0.2) is 0 Å². The number of hydrogen-bond acceptors (Lipinski definition) is 1. The van der Waals surface area contributed by atoms with E-state index in [2.05, 4.69) is 94.1 Å². The highest BCUT2D eigenvalue weighted by atomic mass is 16.3. The first-order valence-electron chi connectivity index (χ1n) is 9.57. The van der Waals surface area contributed by atoms with Crippen molar-refractivity contribution in [2.45, 2.75) is 20.8 Å². The molecule has 0 unspecified atom stereocenters. The van der Waals surface area contributed by atoms with Gasteiger partial charge in [0.2, 0.25) is 0 Å². The van der Waals surface area contributed by atoms with Crippen LogP contribution in [0.4, 0.5) is 0 Å². The van der Waals surface area contributed by atoms with Crippen LogP contribution in [0.5, 0.6) is 0 Å². The first kappa shape index (κ1) is 18.1. The van der Waals surface area contributed by atoms with Crippen molar-refractivity contribution < 1.29 is 4.42 Å². The first-order valence-corrected chi connectivity index (χ1v) is 9.57. The van der Waals surface area contributed by atoms with E-state index >= 15 is 0 Å². The summed E-state index contributed by atoms with van der Waals surface area (Å²) in [5.74, 6) is 0. The lowest BCUT2D eigenvalue weighted by Gasteiger charge is -2.04. The Kier molecular flexibility index (Phi) is 4.75. The maximum absolute atomic E-state index is 6.29. The molecule has 0 radical (unpaired) electrons. The molecule has 1 heteroatoms. The van der Waals surface area contributed by atoms with E-state index in [1.54, 1.807) is 0 Å². The van der Waals surface area contributed by atoms with Crippen molar-refractivity contribution in [2.75, 3.05) is 0 Å². The normalized spacial score (nSPS) is 12.7. The van der Waals surface area contributed by atoms with Gasteiger partial charge in [0.25, 0.3) is 0 Å². The molecule has 0 fully saturated rings. The van der Waals surface area contributed by atoms with Gasteiger partial charge in [-0.15, -0.1) is 0 Å². The smallest absolute Gasteiger partial charge is 0.143 e. The van der Waals surface area contributed by atoms with Crippen molar-refractivity contribution >= 4 is 27.5 Å². The monoisotopic (exact) mass is 364 g/mol. The van der Waals surface area contributed by atoms with Crippen molar-refractivity contribution in [1.29, 1.82) is 0 Å². The van der Waals surface area contributed by atoms with Gasteiger partial charge in [-0.2, -0.15) is 0 Å². The molecule has 0 spiro atoms. The number of furan rings is 1. The average Bonchev–Trinajstić information content (AvgIpc) is 3.06. The van der Waals surface area contributed by atoms with Crippen LogP contribution >= 0.6 is 0 Å². The highest BCUT2D eigenvalue weighted by Crippen LogP contribution is 2.37. The van der Waals surface area contributed by atoms with Crippen molar-refractivity contribution in [1.82, 2.24) is 0 Å². The number of para-hydroxylation sites is 1. The topological polar surface area (TPSA) is 13.1 Å². The first-order chi connectivity index (χ1) is 13.6. The van der Waals surface area contributed by atoms with E-state index in [0.29, 0.717) is 0 Å². The predicted molar refractivity (Wildman–Crippen MR) is 121 cm³/mol. The Bertz CT molecular complexity index is 1250. The van der Waals surface area contributed by atoms with Crippen molar-refractivity contribution in [2.24, 2.45) is 0 Å². The lowest BCUT2D eigenvalue weighted by molar-refractivity contribution is 0.670. The molecule has 138 valence electrons. The van der Waals surface area contributed by atoms with Crippen molar-refractivity contribution in [3.05, 3.63) is 102 Å². The van der Waals surface area contributed by atoms with Crippen molar-refractivity contribution in [3.8, 4) is 11.1 Å². The number of fused-ring (bicyclic) bond motifs is 3. The molecule has 0 aliphatic carbocycles. The van der Waals surface area contributed by atoms with Gasteiger partial charge >= 0.3 is 0 Å². The average molecular weight is 364 g/mol. The summed E-state index contributed by atoms with van der Waals surface area (Å²) in [6.07, 6.45) is 6.02. The Morgan fingerprint density at radius 2 is 1.75 bits per heavy atom. The molecule has 1 aromatic heterocycles. The molecular formula is C27H24O. The summed E-state index contributed by atoms with van der Waals surface area (Å²) in [5.41, 5.74) is 9.05. The molecule has 0 saturated heterocycles. The van der Waals surface area contributed by atoms with Gasteiger partial charge in [-0.3, -0.25) is 0 Å². The van der Waals surface area contributed by atoms with Gasteiger partial charge in [-0.1, -0.05) is 84.5 Å². The van der Waals surface area contributed by atoms with Crippen molar-refractivity contribution in [3.63, 3.8) is 0 Å². The summed E-state index contributed by atoms with van der Waals surface area (Å²) in [6, 6.07) is 21.4. The quantitative estimate of drug-likeness (QED) is 0.333. The molecule has 0 atom stereocenters. The molecule has 3 aromatic carbocycles. The van der Waals surface area contributed by atoms with Gasteiger partial charge in [0.15, 0.2) is 0 Å². The van der Waals surface area contributed by atoms with Crippen LogP contribution < -0.4 is 0 Å². The summed E-state index contributed by atoms with van der Waals surface area (Å²) in [4.78, 5) is 0. The molecule has 0 amide bonds. The van der Waals surface area contributed by atoms with E-state index in [0.717, 1.165) is 27.5 Å². The van der Waals surface area contributed by atoms with Crippen LogP contribution in [0.15, 0.2) is 95.5 Å². The Hall–Kier alpha value is -3.32. The van der Waals surface area contributed by atoms with E-state index in [9.17, 15) is 0 Å². The van der Waals surface area contributed by atoms with Gasteiger partial charge in [0.05, 0.1) is 0 Å². The fraction of sp³-hybridized carbons (Fsp3) is 0.111. The largest absolute Gasteiger partial charge is 0.455 e. The fourth-order valence-corrected chi connectivity index (χ4v) is 3.74. The third kappa shape index (κ3) is 3.32. The van der Waals surface area contributed by atoms with Gasteiger partial charge in [0, 0.05) is 16.3 Å². The molecule has 1 nitrogen and oxygen atoms in total. The maximum Gasteiger partial charge on any atom is 0.143 e. The van der Waals surface area contributed by atoms with Crippen LogP contribution in [0.2, 0.25) is 0 Å². The zero-order valence-electron chi connectivity index (χ0n) is 16.6. The fourth-order valence-electron chi connectivity index (χ4n) is 3.74. The number of aryl methyl sites for hydroxylation is 1. The molecule has 0 bridgehead atoms. The molecular weight excluding hydrogens is 340 g/mol. The van der Waals surface area contributed by atoms with Crippen LogP contribution in [0, 0.1) is 6.92 Å². The lowest BCUT2D eigenvalue weighted by Crippen LogP contribution is -1.81. The number of rotatable bonds is 4. The Labute approximate surface area is 166 Å². The van der Waals surface area contributed by atoms with E-state index in [-0.39, 0.29) is 0 Å². The third-order valence-corrected chi connectivity index (χ3v) is 5.11. The minimum Gasteiger partial charge on any atom is -0.455 e. The Morgan fingerprint density at radius 1 is 0.929 bits per heavy atom. The lowest BCUT2D eigenvalue weighted by atomic mass is 9.99. The minimum atomic E-state index is 0.921. The molecule has 4 rings (SSSR count). The van der Waals surface area contributed by atoms with Gasteiger partial charge in [-0.25, -0.2) is 0 Å². The number of benzene rings is 3. The van der Waals surface area contributed by atoms with E-state index in [4.69, 9.17) is 4.42 Å². The molecule has 28 heavy (non-hydrogen) atoms. The SMILES string of the molecule is C=CC=C(C)C=C(C)c1ccc2oc3c(-c4cccc(C)c4)cccc3c2c1. The second-order valence-corrected chi connectivity index (χ2v) is 7.34. The second-order valence-electron chi connectivity index (χ2n) is 7.34. The standard InChI is InChI=1S/C27H24O/c1-5-8-18(2)15-20(4)21-13-14-26-25(17-21)24-12-7-11-23(27(24)28-26)22-10-6-9-19(3)16-22/h5-17H,1H2,2-4H3. The highest BCUT2D eigenvalue weighted by molar-refractivity contribution is 6.10. The predicted octanol–water partition coefficient (Wildman–Crippen LogP) is 8.10. The van der Waals surface area contributed by atoms with E-state index in [1.165, 1.54) is 27.8 Å². The van der Waals surface area contributed by atoms with E-state index in [1.807, 2.05) is 12.2 Å². The Morgan fingerprint density at radius 3 is 2.54 bits per heavy atom. The summed E-state index contributed by atoms with van der Waals surface area (Å²) < 4.78 is 6.29. The molecule has 0 aliphatic rings. The molecule has 4 aromatic rings. The molecule has 1 heterocycles. The summed E-state index contributed by atoms with van der Waals surface area (Å²) in [7, 11) is 0. The zero-order chi connectivity index (χ0) is 19.7. The van der Waals surface area contributed by atoms with E-state index < -0.39 is 0 Å².